The van der Waals surface area contributed by atoms with Crippen molar-refractivity contribution in [1.29, 1.82) is 0 Å². The molecule has 2 unspecified atom stereocenters. The minimum Gasteiger partial charge on any atom is -0.389 e. The molecule has 0 aliphatic rings. The second-order valence-electron chi connectivity index (χ2n) is 4.37. The molecule has 94 valence electrons. The van der Waals surface area contributed by atoms with Gasteiger partial charge in [0.15, 0.2) is 0 Å². The number of hydrogen-bond acceptors (Lipinski definition) is 2. The van der Waals surface area contributed by atoms with Crippen molar-refractivity contribution in [2.75, 3.05) is 5.32 Å². The van der Waals surface area contributed by atoms with Crippen LogP contribution in [0.1, 0.15) is 32.8 Å². The number of nitrogens with two attached hydrogens (primary N) is 1. The molecule has 1 aromatic rings. The summed E-state index contributed by atoms with van der Waals surface area (Å²) in [6.07, 6.45) is 1.12. The summed E-state index contributed by atoms with van der Waals surface area (Å²) >= 11 is 11.0. The summed E-state index contributed by atoms with van der Waals surface area (Å²) in [6.45, 7) is 6.54. The van der Waals surface area contributed by atoms with Crippen LogP contribution in [0.3, 0.4) is 0 Å². The lowest BCUT2D eigenvalue weighted by atomic mass is 10.00. The van der Waals surface area contributed by atoms with E-state index in [1.165, 1.54) is 0 Å². The quantitative estimate of drug-likeness (QED) is 0.799. The van der Waals surface area contributed by atoms with E-state index >= 15 is 0 Å². The van der Waals surface area contributed by atoms with Crippen molar-refractivity contribution in [3.63, 3.8) is 0 Å². The van der Waals surface area contributed by atoms with Crippen LogP contribution in [0, 0.1) is 5.92 Å². The van der Waals surface area contributed by atoms with E-state index in [9.17, 15) is 0 Å². The fourth-order valence-electron chi connectivity index (χ4n) is 1.59. The number of benzene rings is 1. The summed E-state index contributed by atoms with van der Waals surface area (Å²) in [4.78, 5) is 0.389. The van der Waals surface area contributed by atoms with Gasteiger partial charge in [0, 0.05) is 22.3 Å². The maximum atomic E-state index is 5.99. The average molecular weight is 271 g/mol. The van der Waals surface area contributed by atoms with Gasteiger partial charge in [0.2, 0.25) is 0 Å². The Morgan fingerprint density at radius 2 is 2.12 bits per heavy atom. The molecular formula is C13H19ClN2S. The molecule has 0 aliphatic carbocycles. The van der Waals surface area contributed by atoms with Crippen LogP contribution < -0.4 is 11.1 Å². The van der Waals surface area contributed by atoms with Crippen molar-refractivity contribution < 1.29 is 0 Å². The third-order valence-electron chi connectivity index (χ3n) is 3.13. The first-order valence-electron chi connectivity index (χ1n) is 5.81. The average Bonchev–Trinajstić information content (AvgIpc) is 2.27. The highest BCUT2D eigenvalue weighted by atomic mass is 35.5. The van der Waals surface area contributed by atoms with Gasteiger partial charge in [-0.2, -0.15) is 0 Å². The Labute approximate surface area is 114 Å². The van der Waals surface area contributed by atoms with Gasteiger partial charge in [-0.15, -0.1) is 0 Å². The molecule has 2 atom stereocenters. The van der Waals surface area contributed by atoms with Crippen LogP contribution in [0.2, 0.25) is 5.02 Å². The fourth-order valence-corrected chi connectivity index (χ4v) is 1.94. The molecule has 17 heavy (non-hydrogen) atoms. The molecule has 0 aliphatic heterocycles. The maximum absolute atomic E-state index is 5.99. The minimum atomic E-state index is 0.353. The highest BCUT2D eigenvalue weighted by molar-refractivity contribution is 7.80. The summed E-state index contributed by atoms with van der Waals surface area (Å²) in [5.74, 6) is 0.577. The van der Waals surface area contributed by atoms with Gasteiger partial charge in [0.1, 0.15) is 4.99 Å². The van der Waals surface area contributed by atoms with Crippen LogP contribution in [0.15, 0.2) is 18.2 Å². The second kappa shape index (κ2) is 6.22. The molecule has 0 radical (unpaired) electrons. The van der Waals surface area contributed by atoms with Gasteiger partial charge in [-0.3, -0.25) is 0 Å². The number of nitrogens with one attached hydrogen (secondary N) is 1. The van der Waals surface area contributed by atoms with E-state index in [-0.39, 0.29) is 0 Å². The molecule has 0 heterocycles. The van der Waals surface area contributed by atoms with E-state index in [1.54, 1.807) is 6.07 Å². The Hall–Kier alpha value is -0.800. The van der Waals surface area contributed by atoms with Crippen molar-refractivity contribution in [2.24, 2.45) is 11.7 Å². The lowest BCUT2D eigenvalue weighted by Gasteiger charge is -2.22. The Balaban J connectivity index is 2.96. The van der Waals surface area contributed by atoms with Crippen molar-refractivity contribution in [2.45, 2.75) is 33.2 Å². The Kier molecular flexibility index (Phi) is 5.22. The highest BCUT2D eigenvalue weighted by Gasteiger charge is 2.13. The van der Waals surface area contributed by atoms with Gasteiger partial charge >= 0.3 is 0 Å². The van der Waals surface area contributed by atoms with Crippen molar-refractivity contribution in [1.82, 2.24) is 0 Å². The van der Waals surface area contributed by atoms with E-state index in [1.807, 2.05) is 12.1 Å². The smallest absolute Gasteiger partial charge is 0.106 e. The van der Waals surface area contributed by atoms with E-state index in [4.69, 9.17) is 29.6 Å². The highest BCUT2D eigenvalue weighted by Crippen LogP contribution is 2.23. The summed E-state index contributed by atoms with van der Waals surface area (Å²) in [6, 6.07) is 5.88. The maximum Gasteiger partial charge on any atom is 0.106 e. The SMILES string of the molecule is CCC(C)C(C)Nc1cc(Cl)ccc1C(N)=S. The van der Waals surface area contributed by atoms with Gasteiger partial charge in [-0.25, -0.2) is 0 Å². The van der Waals surface area contributed by atoms with Gasteiger partial charge in [-0.1, -0.05) is 44.1 Å². The van der Waals surface area contributed by atoms with Crippen molar-refractivity contribution in [3.05, 3.63) is 28.8 Å². The lowest BCUT2D eigenvalue weighted by Crippen LogP contribution is -2.25. The molecule has 0 fully saturated rings. The Bertz CT molecular complexity index is 406. The van der Waals surface area contributed by atoms with Crippen molar-refractivity contribution >= 4 is 34.5 Å². The van der Waals surface area contributed by atoms with E-state index in [0.717, 1.165) is 17.7 Å². The van der Waals surface area contributed by atoms with E-state index in [0.29, 0.717) is 22.0 Å². The van der Waals surface area contributed by atoms with E-state index in [2.05, 4.69) is 26.1 Å². The predicted octanol–water partition coefficient (Wildman–Crippen LogP) is 3.82. The zero-order valence-electron chi connectivity index (χ0n) is 10.5. The third-order valence-corrected chi connectivity index (χ3v) is 3.58. The minimum absolute atomic E-state index is 0.353. The van der Waals surface area contributed by atoms with Crippen LogP contribution in [-0.2, 0) is 0 Å². The van der Waals surface area contributed by atoms with Crippen LogP contribution in [0.5, 0.6) is 0 Å². The Morgan fingerprint density at radius 3 is 2.65 bits per heavy atom. The first-order chi connectivity index (χ1) is 7.95. The molecular weight excluding hydrogens is 252 g/mol. The van der Waals surface area contributed by atoms with Gasteiger partial charge in [-0.05, 0) is 31.0 Å². The molecule has 0 aromatic heterocycles. The molecule has 0 amide bonds. The summed E-state index contributed by atoms with van der Waals surface area (Å²) in [7, 11) is 0. The normalized spacial score (nSPS) is 14.1. The van der Waals surface area contributed by atoms with Crippen molar-refractivity contribution in [3.8, 4) is 0 Å². The predicted molar refractivity (Wildman–Crippen MR) is 79.9 cm³/mol. The standard InChI is InChI=1S/C13H19ClN2S/c1-4-8(2)9(3)16-12-7-10(14)5-6-11(12)13(15)17/h5-9,16H,4H2,1-3H3,(H2,15,17). The topological polar surface area (TPSA) is 38.0 Å². The number of anilines is 1. The largest absolute Gasteiger partial charge is 0.389 e. The van der Waals surface area contributed by atoms with Crippen LogP contribution in [0.4, 0.5) is 5.69 Å². The summed E-state index contributed by atoms with van der Waals surface area (Å²) in [5, 5.41) is 4.12. The first-order valence-corrected chi connectivity index (χ1v) is 6.60. The summed E-state index contributed by atoms with van der Waals surface area (Å²) < 4.78 is 0. The Morgan fingerprint density at radius 1 is 1.47 bits per heavy atom. The number of thiocarbonyl (C=S) groups is 1. The van der Waals surface area contributed by atoms with Crippen LogP contribution >= 0.6 is 23.8 Å². The molecule has 1 rings (SSSR count). The lowest BCUT2D eigenvalue weighted by molar-refractivity contribution is 0.494. The molecule has 0 bridgehead atoms. The molecule has 1 aromatic carbocycles. The van der Waals surface area contributed by atoms with Gasteiger partial charge in [0.05, 0.1) is 0 Å². The van der Waals surface area contributed by atoms with Gasteiger partial charge in [0.25, 0.3) is 0 Å². The molecule has 3 N–H and O–H groups in total. The first kappa shape index (κ1) is 14.3. The molecule has 4 heteroatoms. The fraction of sp³-hybridized carbons (Fsp3) is 0.462. The third kappa shape index (κ3) is 3.86. The molecule has 0 saturated carbocycles. The number of hydrogen-bond donors (Lipinski definition) is 2. The molecule has 0 spiro atoms. The summed E-state index contributed by atoms with van der Waals surface area (Å²) in [5.41, 5.74) is 7.46. The monoisotopic (exact) mass is 270 g/mol. The van der Waals surface area contributed by atoms with Crippen LogP contribution in [-0.4, -0.2) is 11.0 Å². The zero-order valence-corrected chi connectivity index (χ0v) is 12.0. The van der Waals surface area contributed by atoms with Gasteiger partial charge < -0.3 is 11.1 Å². The number of rotatable bonds is 5. The van der Waals surface area contributed by atoms with E-state index < -0.39 is 0 Å². The zero-order chi connectivity index (χ0) is 13.0. The molecule has 0 saturated heterocycles. The number of halogens is 1. The molecule has 2 nitrogen and oxygen atoms in total. The van der Waals surface area contributed by atoms with Crippen LogP contribution in [0.25, 0.3) is 0 Å². The second-order valence-corrected chi connectivity index (χ2v) is 5.25.